The van der Waals surface area contributed by atoms with Gasteiger partial charge in [0.2, 0.25) is 9.58 Å². The summed E-state index contributed by atoms with van der Waals surface area (Å²) < 4.78 is -0.233. The zero-order chi connectivity index (χ0) is 15.8. The van der Waals surface area contributed by atoms with Gasteiger partial charge in [-0.15, -0.1) is 0 Å². The Balaban J connectivity index is 2.35. The van der Waals surface area contributed by atoms with Crippen molar-refractivity contribution in [1.29, 1.82) is 0 Å². The van der Waals surface area contributed by atoms with Crippen molar-refractivity contribution in [2.75, 3.05) is 0 Å². The molecule has 1 aromatic carbocycles. The first-order chi connectivity index (χ1) is 9.70. The molecule has 0 amide bonds. The van der Waals surface area contributed by atoms with Gasteiger partial charge in [-0.1, -0.05) is 64.6 Å². The van der Waals surface area contributed by atoms with Crippen molar-refractivity contribution in [3.8, 4) is 0 Å². The highest BCUT2D eigenvalue weighted by molar-refractivity contribution is 6.68. The fourth-order valence-electron chi connectivity index (χ4n) is 2.01. The van der Waals surface area contributed by atoms with Gasteiger partial charge in [0.25, 0.3) is 0 Å². The van der Waals surface area contributed by atoms with Gasteiger partial charge >= 0.3 is 0 Å². The van der Waals surface area contributed by atoms with Crippen molar-refractivity contribution in [2.45, 2.75) is 16.8 Å². The maximum Gasteiger partial charge on any atom is 0.220 e. The van der Waals surface area contributed by atoms with Gasteiger partial charge in [0, 0.05) is 24.4 Å². The smallest absolute Gasteiger partial charge is 0.220 e. The molecule has 112 valence electrons. The highest BCUT2D eigenvalue weighted by atomic mass is 35.6. The molecular formula is C15H14Cl3NO2. The molecule has 2 rings (SSSR count). The Kier molecular flexibility index (Phi) is 4.69. The van der Waals surface area contributed by atoms with Crippen LogP contribution < -0.4 is 0 Å². The van der Waals surface area contributed by atoms with Crippen LogP contribution in [-0.2, 0) is 7.05 Å². The van der Waals surface area contributed by atoms with E-state index in [1.54, 1.807) is 29.9 Å². The van der Waals surface area contributed by atoms with Gasteiger partial charge in [-0.3, -0.25) is 4.79 Å². The van der Waals surface area contributed by atoms with Crippen molar-refractivity contribution in [3.63, 3.8) is 0 Å². The second-order valence-electron chi connectivity index (χ2n) is 4.91. The molecule has 0 spiro atoms. The molecule has 0 saturated heterocycles. The van der Waals surface area contributed by atoms with Crippen LogP contribution in [0.15, 0.2) is 36.5 Å². The lowest BCUT2D eigenvalue weighted by Gasteiger charge is -2.17. The van der Waals surface area contributed by atoms with E-state index in [1.165, 1.54) is 6.07 Å². The third kappa shape index (κ3) is 3.61. The third-order valence-electron chi connectivity index (χ3n) is 3.20. The quantitative estimate of drug-likeness (QED) is 0.675. The Hall–Kier alpha value is -1.00. The third-order valence-corrected chi connectivity index (χ3v) is 3.82. The van der Waals surface area contributed by atoms with E-state index in [9.17, 15) is 9.90 Å². The van der Waals surface area contributed by atoms with E-state index in [2.05, 4.69) is 0 Å². The van der Waals surface area contributed by atoms with E-state index in [1.807, 2.05) is 19.1 Å². The predicted molar refractivity (Wildman–Crippen MR) is 85.3 cm³/mol. The Morgan fingerprint density at radius 3 is 2.33 bits per heavy atom. The monoisotopic (exact) mass is 345 g/mol. The number of rotatable bonds is 3. The van der Waals surface area contributed by atoms with E-state index >= 15 is 0 Å². The maximum atomic E-state index is 12.5. The molecule has 6 heteroatoms. The Morgan fingerprint density at radius 2 is 1.81 bits per heavy atom. The Morgan fingerprint density at radius 1 is 1.24 bits per heavy atom. The van der Waals surface area contributed by atoms with Crippen molar-refractivity contribution >= 4 is 40.6 Å². The van der Waals surface area contributed by atoms with E-state index in [0.717, 1.165) is 5.56 Å². The minimum Gasteiger partial charge on any atom is -0.384 e. The van der Waals surface area contributed by atoms with Crippen LogP contribution in [0.25, 0.3) is 0 Å². The summed E-state index contributed by atoms with van der Waals surface area (Å²) in [4.78, 5) is 12.5. The van der Waals surface area contributed by atoms with E-state index < -0.39 is 9.90 Å². The average molecular weight is 347 g/mol. The number of nitrogens with zero attached hydrogens (tertiary/aromatic N) is 1. The molecule has 0 aliphatic rings. The molecule has 0 aliphatic carbocycles. The summed E-state index contributed by atoms with van der Waals surface area (Å²) >= 11 is 17.0. The molecule has 0 bridgehead atoms. The molecule has 0 saturated carbocycles. The number of carbonyl (C=O) groups excluding carboxylic acids is 1. The number of aliphatic hydroxyl groups is 1. The fraction of sp³-hybridized carbons (Fsp3) is 0.267. The molecule has 0 radical (unpaired) electrons. The number of ketones is 1. The van der Waals surface area contributed by atoms with Gasteiger partial charge in [0.05, 0.1) is 5.69 Å². The number of alkyl halides is 3. The van der Waals surface area contributed by atoms with Gasteiger partial charge < -0.3 is 9.67 Å². The number of aromatic nitrogens is 1. The number of hydrogen-bond donors (Lipinski definition) is 1. The van der Waals surface area contributed by atoms with E-state index in [4.69, 9.17) is 34.8 Å². The molecule has 1 aromatic heterocycles. The van der Waals surface area contributed by atoms with Crippen molar-refractivity contribution in [2.24, 2.45) is 7.05 Å². The summed E-state index contributed by atoms with van der Waals surface area (Å²) in [5.74, 6) is -0.153. The topological polar surface area (TPSA) is 42.2 Å². The molecular weight excluding hydrogens is 333 g/mol. The van der Waals surface area contributed by atoms with Crippen LogP contribution >= 0.6 is 34.8 Å². The Bertz CT molecular complexity index is 657. The van der Waals surface area contributed by atoms with Crippen LogP contribution in [0.3, 0.4) is 0 Å². The number of halogens is 3. The van der Waals surface area contributed by atoms with Crippen LogP contribution in [0.2, 0.25) is 0 Å². The van der Waals surface area contributed by atoms with Gasteiger partial charge in [-0.05, 0) is 13.0 Å². The zero-order valence-corrected chi connectivity index (χ0v) is 13.7. The van der Waals surface area contributed by atoms with Crippen molar-refractivity contribution < 1.29 is 9.90 Å². The first-order valence-electron chi connectivity index (χ1n) is 6.22. The lowest BCUT2D eigenvalue weighted by Crippen LogP contribution is -2.15. The fourth-order valence-corrected chi connectivity index (χ4v) is 2.39. The highest BCUT2D eigenvalue weighted by Crippen LogP contribution is 2.40. The van der Waals surface area contributed by atoms with Crippen LogP contribution in [0.1, 0.15) is 33.3 Å². The van der Waals surface area contributed by atoms with Gasteiger partial charge in [0.15, 0.2) is 0 Å². The summed E-state index contributed by atoms with van der Waals surface area (Å²) in [6.07, 6.45) is 0.279. The van der Waals surface area contributed by atoms with Gasteiger partial charge in [0.1, 0.15) is 6.10 Å². The van der Waals surface area contributed by atoms with Gasteiger partial charge in [-0.2, -0.15) is 0 Å². The molecule has 3 nitrogen and oxygen atoms in total. The van der Waals surface area contributed by atoms with Crippen LogP contribution in [-0.4, -0.2) is 19.2 Å². The summed E-state index contributed by atoms with van der Waals surface area (Å²) in [5, 5.41) is 9.96. The number of hydrogen-bond acceptors (Lipinski definition) is 2. The number of aliphatic hydroxyl groups excluding tert-OH is 1. The molecule has 1 atom stereocenters. The SMILES string of the molecule is Cc1ccc(C(=O)c2cc(C(O)C(Cl)(Cl)Cl)cn2C)cc1. The van der Waals surface area contributed by atoms with Crippen LogP contribution in [0.4, 0.5) is 0 Å². The highest BCUT2D eigenvalue weighted by Gasteiger charge is 2.33. The van der Waals surface area contributed by atoms with Gasteiger partial charge in [-0.25, -0.2) is 0 Å². The standard InChI is InChI=1S/C15H14Cl3NO2/c1-9-3-5-10(6-4-9)13(20)12-7-11(8-19(12)2)14(21)15(16,17)18/h3-8,14,21H,1-2H3. The molecule has 21 heavy (non-hydrogen) atoms. The summed E-state index contributed by atoms with van der Waals surface area (Å²) in [5.41, 5.74) is 2.44. The minimum absolute atomic E-state index is 0.153. The number of carbonyl (C=O) groups is 1. The summed E-state index contributed by atoms with van der Waals surface area (Å²) in [7, 11) is 1.70. The van der Waals surface area contributed by atoms with E-state index in [-0.39, 0.29) is 5.78 Å². The predicted octanol–water partition coefficient (Wildman–Crippen LogP) is 3.97. The first-order valence-corrected chi connectivity index (χ1v) is 7.36. The molecule has 1 heterocycles. The summed E-state index contributed by atoms with van der Waals surface area (Å²) in [6.45, 7) is 1.95. The number of benzene rings is 1. The summed E-state index contributed by atoms with van der Waals surface area (Å²) in [6, 6.07) is 8.79. The first kappa shape index (κ1) is 16.4. The largest absolute Gasteiger partial charge is 0.384 e. The maximum absolute atomic E-state index is 12.5. The molecule has 1 N–H and O–H groups in total. The van der Waals surface area contributed by atoms with Crippen LogP contribution in [0, 0.1) is 6.92 Å². The average Bonchev–Trinajstić information content (AvgIpc) is 2.79. The minimum atomic E-state index is -1.84. The normalized spacial score (nSPS) is 13.2. The van der Waals surface area contributed by atoms with Crippen molar-refractivity contribution in [3.05, 3.63) is 58.9 Å². The second-order valence-corrected chi connectivity index (χ2v) is 7.28. The second kappa shape index (κ2) is 6.01. The molecule has 0 fully saturated rings. The van der Waals surface area contributed by atoms with Crippen molar-refractivity contribution in [1.82, 2.24) is 4.57 Å². The molecule has 2 aromatic rings. The molecule has 0 aliphatic heterocycles. The molecule has 1 unspecified atom stereocenters. The lowest BCUT2D eigenvalue weighted by molar-refractivity contribution is 0.103. The van der Waals surface area contributed by atoms with E-state index in [0.29, 0.717) is 16.8 Å². The zero-order valence-electron chi connectivity index (χ0n) is 11.5. The lowest BCUT2D eigenvalue weighted by atomic mass is 10.1. The van der Waals surface area contributed by atoms with Crippen LogP contribution in [0.5, 0.6) is 0 Å². The Labute approximate surface area is 138 Å². The number of aryl methyl sites for hydroxylation is 2.